The predicted molar refractivity (Wildman–Crippen MR) is 57.6 cm³/mol. The van der Waals surface area contributed by atoms with Crippen LogP contribution in [0.1, 0.15) is 27.7 Å². The first kappa shape index (κ1) is 10.6. The SMILES string of the molecule is C=C(C)N1CC(CNC(C)(C)C)C1. The molecule has 0 aromatic carbocycles. The van der Waals surface area contributed by atoms with E-state index < -0.39 is 0 Å². The maximum absolute atomic E-state index is 3.93. The lowest BCUT2D eigenvalue weighted by molar-refractivity contribution is 0.135. The second kappa shape index (κ2) is 3.70. The summed E-state index contributed by atoms with van der Waals surface area (Å²) in [5.41, 5.74) is 1.45. The van der Waals surface area contributed by atoms with Gasteiger partial charge in [0.15, 0.2) is 0 Å². The Morgan fingerprint density at radius 3 is 2.38 bits per heavy atom. The first-order valence-electron chi connectivity index (χ1n) is 5.04. The number of rotatable bonds is 3. The Labute approximate surface area is 82.0 Å². The van der Waals surface area contributed by atoms with E-state index in [1.54, 1.807) is 0 Å². The van der Waals surface area contributed by atoms with Crippen LogP contribution >= 0.6 is 0 Å². The summed E-state index contributed by atoms with van der Waals surface area (Å²) in [5.74, 6) is 0.816. The molecule has 0 spiro atoms. The molecular formula is C11H22N2. The molecule has 1 heterocycles. The van der Waals surface area contributed by atoms with E-state index in [2.05, 4.69) is 44.5 Å². The molecule has 0 aromatic rings. The average Bonchev–Trinajstić information content (AvgIpc) is 1.79. The lowest BCUT2D eigenvalue weighted by Crippen LogP contribution is -2.52. The van der Waals surface area contributed by atoms with E-state index in [9.17, 15) is 0 Å². The highest BCUT2D eigenvalue weighted by Crippen LogP contribution is 2.19. The van der Waals surface area contributed by atoms with Gasteiger partial charge in [-0.1, -0.05) is 6.58 Å². The summed E-state index contributed by atoms with van der Waals surface area (Å²) in [5, 5.41) is 3.53. The third-order valence-electron chi connectivity index (χ3n) is 2.42. The summed E-state index contributed by atoms with van der Waals surface area (Å²) in [7, 11) is 0. The normalized spacial score (nSPS) is 18.6. The molecule has 1 aliphatic heterocycles. The molecule has 0 bridgehead atoms. The molecule has 0 unspecified atom stereocenters. The van der Waals surface area contributed by atoms with Gasteiger partial charge in [0.2, 0.25) is 0 Å². The molecule has 2 heteroatoms. The van der Waals surface area contributed by atoms with Crippen molar-refractivity contribution in [3.63, 3.8) is 0 Å². The van der Waals surface area contributed by atoms with Crippen LogP contribution < -0.4 is 5.32 Å². The highest BCUT2D eigenvalue weighted by atomic mass is 15.2. The molecule has 0 amide bonds. The molecule has 0 aromatic heterocycles. The van der Waals surface area contributed by atoms with Gasteiger partial charge < -0.3 is 10.2 Å². The van der Waals surface area contributed by atoms with Gasteiger partial charge in [-0.25, -0.2) is 0 Å². The summed E-state index contributed by atoms with van der Waals surface area (Å²) < 4.78 is 0. The van der Waals surface area contributed by atoms with E-state index in [-0.39, 0.29) is 5.54 Å². The van der Waals surface area contributed by atoms with Gasteiger partial charge in [-0.3, -0.25) is 0 Å². The molecule has 0 saturated carbocycles. The van der Waals surface area contributed by atoms with Crippen molar-refractivity contribution in [2.45, 2.75) is 33.2 Å². The number of allylic oxidation sites excluding steroid dienone is 1. The van der Waals surface area contributed by atoms with E-state index in [0.29, 0.717) is 0 Å². The van der Waals surface area contributed by atoms with Gasteiger partial charge in [0, 0.05) is 36.8 Å². The summed E-state index contributed by atoms with van der Waals surface area (Å²) in [6.45, 7) is 16.1. The van der Waals surface area contributed by atoms with Gasteiger partial charge in [-0.2, -0.15) is 0 Å². The molecular weight excluding hydrogens is 160 g/mol. The molecule has 1 aliphatic rings. The van der Waals surface area contributed by atoms with Crippen LogP contribution in [0.4, 0.5) is 0 Å². The van der Waals surface area contributed by atoms with Crippen molar-refractivity contribution in [1.29, 1.82) is 0 Å². The molecule has 1 fully saturated rings. The van der Waals surface area contributed by atoms with Crippen molar-refractivity contribution >= 4 is 0 Å². The Balaban J connectivity index is 2.12. The van der Waals surface area contributed by atoms with E-state index in [4.69, 9.17) is 0 Å². The lowest BCUT2D eigenvalue weighted by atomic mass is 9.98. The third kappa shape index (κ3) is 3.39. The molecule has 0 aliphatic carbocycles. The molecule has 2 nitrogen and oxygen atoms in total. The second-order valence-corrected chi connectivity index (χ2v) is 5.14. The highest BCUT2D eigenvalue weighted by molar-refractivity contribution is 4.97. The van der Waals surface area contributed by atoms with Gasteiger partial charge in [0.25, 0.3) is 0 Å². The van der Waals surface area contributed by atoms with Gasteiger partial charge in [-0.15, -0.1) is 0 Å². The van der Waals surface area contributed by atoms with E-state index in [1.807, 2.05) is 0 Å². The first-order chi connectivity index (χ1) is 5.88. The molecule has 1 N–H and O–H groups in total. The Morgan fingerprint density at radius 1 is 1.46 bits per heavy atom. The summed E-state index contributed by atoms with van der Waals surface area (Å²) >= 11 is 0. The molecule has 13 heavy (non-hydrogen) atoms. The number of hydrogen-bond acceptors (Lipinski definition) is 2. The Kier molecular flexibility index (Phi) is 3.01. The van der Waals surface area contributed by atoms with Crippen LogP contribution in [0, 0.1) is 5.92 Å². The van der Waals surface area contributed by atoms with Crippen molar-refractivity contribution in [3.8, 4) is 0 Å². The van der Waals surface area contributed by atoms with Crippen molar-refractivity contribution in [3.05, 3.63) is 12.3 Å². The maximum Gasteiger partial charge on any atom is 0.0232 e. The molecule has 76 valence electrons. The average molecular weight is 182 g/mol. The van der Waals surface area contributed by atoms with Gasteiger partial charge in [0.05, 0.1) is 0 Å². The number of hydrogen-bond donors (Lipinski definition) is 1. The molecule has 1 saturated heterocycles. The standard InChI is InChI=1S/C11H22N2/c1-9(2)13-7-10(8-13)6-12-11(3,4)5/h10,12H,1,6-8H2,2-5H3. The predicted octanol–water partition coefficient (Wildman–Crippen LogP) is 1.84. The number of nitrogens with zero attached hydrogens (tertiary/aromatic N) is 1. The first-order valence-corrected chi connectivity index (χ1v) is 5.04. The van der Waals surface area contributed by atoms with Crippen molar-refractivity contribution in [2.75, 3.05) is 19.6 Å². The molecule has 0 atom stereocenters. The number of likely N-dealkylation sites (tertiary alicyclic amines) is 1. The Morgan fingerprint density at radius 2 is 2.00 bits per heavy atom. The minimum absolute atomic E-state index is 0.254. The number of nitrogens with one attached hydrogen (secondary N) is 1. The topological polar surface area (TPSA) is 15.3 Å². The van der Waals surface area contributed by atoms with Gasteiger partial charge in [-0.05, 0) is 27.7 Å². The van der Waals surface area contributed by atoms with E-state index >= 15 is 0 Å². The summed E-state index contributed by atoms with van der Waals surface area (Å²) in [6.07, 6.45) is 0. The Bertz CT molecular complexity index is 185. The zero-order valence-electron chi connectivity index (χ0n) is 9.35. The highest BCUT2D eigenvalue weighted by Gasteiger charge is 2.26. The summed E-state index contributed by atoms with van der Waals surface area (Å²) in [6, 6.07) is 0. The summed E-state index contributed by atoms with van der Waals surface area (Å²) in [4.78, 5) is 2.33. The monoisotopic (exact) mass is 182 g/mol. The van der Waals surface area contributed by atoms with E-state index in [1.165, 1.54) is 18.8 Å². The second-order valence-electron chi connectivity index (χ2n) is 5.14. The fourth-order valence-electron chi connectivity index (χ4n) is 1.46. The van der Waals surface area contributed by atoms with Crippen molar-refractivity contribution in [1.82, 2.24) is 10.2 Å². The van der Waals surface area contributed by atoms with Crippen molar-refractivity contribution in [2.24, 2.45) is 5.92 Å². The minimum Gasteiger partial charge on any atom is -0.375 e. The molecule has 0 radical (unpaired) electrons. The van der Waals surface area contributed by atoms with Gasteiger partial charge >= 0.3 is 0 Å². The van der Waals surface area contributed by atoms with Crippen LogP contribution in [-0.2, 0) is 0 Å². The van der Waals surface area contributed by atoms with Crippen LogP contribution in [0.2, 0.25) is 0 Å². The van der Waals surface area contributed by atoms with E-state index in [0.717, 1.165) is 12.5 Å². The Hall–Kier alpha value is -0.500. The van der Waals surface area contributed by atoms with Crippen LogP contribution in [0.25, 0.3) is 0 Å². The quantitative estimate of drug-likeness (QED) is 0.716. The van der Waals surface area contributed by atoms with Crippen LogP contribution in [-0.4, -0.2) is 30.1 Å². The van der Waals surface area contributed by atoms with Crippen LogP contribution in [0.5, 0.6) is 0 Å². The zero-order chi connectivity index (χ0) is 10.1. The lowest BCUT2D eigenvalue weighted by Gasteiger charge is -2.42. The fourth-order valence-corrected chi connectivity index (χ4v) is 1.46. The van der Waals surface area contributed by atoms with Crippen LogP contribution in [0.3, 0.4) is 0 Å². The minimum atomic E-state index is 0.254. The molecule has 1 rings (SSSR count). The van der Waals surface area contributed by atoms with Gasteiger partial charge in [0.1, 0.15) is 0 Å². The maximum atomic E-state index is 3.93. The third-order valence-corrected chi connectivity index (χ3v) is 2.42. The van der Waals surface area contributed by atoms with Crippen molar-refractivity contribution < 1.29 is 0 Å². The largest absolute Gasteiger partial charge is 0.375 e. The van der Waals surface area contributed by atoms with Crippen LogP contribution in [0.15, 0.2) is 12.3 Å². The fraction of sp³-hybridized carbons (Fsp3) is 0.818. The zero-order valence-corrected chi connectivity index (χ0v) is 9.35. The smallest absolute Gasteiger partial charge is 0.0232 e.